The van der Waals surface area contributed by atoms with Gasteiger partial charge in [0.05, 0.1) is 6.54 Å². The van der Waals surface area contributed by atoms with Crippen molar-refractivity contribution in [2.75, 3.05) is 33.2 Å². The molecule has 0 aromatic heterocycles. The van der Waals surface area contributed by atoms with Crippen LogP contribution in [0.5, 0.6) is 0 Å². The fourth-order valence-electron chi connectivity index (χ4n) is 2.82. The highest BCUT2D eigenvalue weighted by atomic mass is 79.9. The number of hydrogen-bond acceptors (Lipinski definition) is 3. The Balaban J connectivity index is 1.74. The van der Waals surface area contributed by atoms with E-state index in [-0.39, 0.29) is 18.4 Å². The van der Waals surface area contributed by atoms with E-state index in [9.17, 15) is 9.59 Å². The summed E-state index contributed by atoms with van der Waals surface area (Å²) >= 11 is 3.34. The molecule has 0 bridgehead atoms. The Morgan fingerprint density at radius 3 is 2.70 bits per heavy atom. The Hall–Kier alpha value is -1.40. The summed E-state index contributed by atoms with van der Waals surface area (Å²) in [6.45, 7) is 2.67. The zero-order valence-electron chi connectivity index (χ0n) is 13.5. The molecule has 126 valence electrons. The molecule has 1 heterocycles. The van der Waals surface area contributed by atoms with Crippen LogP contribution in [0.2, 0.25) is 0 Å². The van der Waals surface area contributed by atoms with E-state index in [1.807, 2.05) is 18.0 Å². The van der Waals surface area contributed by atoms with E-state index in [0.29, 0.717) is 11.5 Å². The molecule has 5 nitrogen and oxygen atoms in total. The topological polar surface area (TPSA) is 61.4 Å². The van der Waals surface area contributed by atoms with Crippen molar-refractivity contribution in [1.29, 1.82) is 0 Å². The lowest BCUT2D eigenvalue weighted by molar-refractivity contribution is -0.131. The van der Waals surface area contributed by atoms with Crippen molar-refractivity contribution in [3.8, 4) is 0 Å². The van der Waals surface area contributed by atoms with Gasteiger partial charge in [-0.3, -0.25) is 9.59 Å². The summed E-state index contributed by atoms with van der Waals surface area (Å²) in [7, 11) is 1.96. The minimum absolute atomic E-state index is 0.000383. The summed E-state index contributed by atoms with van der Waals surface area (Å²) in [4.78, 5) is 26.1. The first kappa shape index (κ1) is 17.9. The molecule has 2 rings (SSSR count). The molecule has 0 radical (unpaired) electrons. The van der Waals surface area contributed by atoms with Crippen LogP contribution in [0.4, 0.5) is 0 Å². The Bertz CT molecular complexity index is 542. The van der Waals surface area contributed by atoms with Gasteiger partial charge in [0.25, 0.3) is 5.91 Å². The van der Waals surface area contributed by atoms with E-state index in [0.717, 1.165) is 43.4 Å². The molecule has 1 aromatic carbocycles. The number of halogens is 1. The number of nitrogens with one attached hydrogen (secondary N) is 2. The van der Waals surface area contributed by atoms with Crippen LogP contribution < -0.4 is 10.6 Å². The lowest BCUT2D eigenvalue weighted by Gasteiger charge is -2.32. The lowest BCUT2D eigenvalue weighted by Crippen LogP contribution is -2.44. The number of benzene rings is 1. The number of piperidine rings is 1. The predicted octanol–water partition coefficient (Wildman–Crippen LogP) is 2.03. The molecule has 2 amide bonds. The third-order valence-corrected chi connectivity index (χ3v) is 4.75. The van der Waals surface area contributed by atoms with Crippen molar-refractivity contribution < 1.29 is 9.59 Å². The molecule has 1 aromatic rings. The highest BCUT2D eigenvalue weighted by Gasteiger charge is 2.22. The molecule has 1 fully saturated rings. The van der Waals surface area contributed by atoms with Gasteiger partial charge in [0.15, 0.2) is 0 Å². The van der Waals surface area contributed by atoms with Crippen LogP contribution in [0.25, 0.3) is 0 Å². The Morgan fingerprint density at radius 1 is 1.30 bits per heavy atom. The standard InChI is InChI=1S/C17H24BrN3O2/c1-19-8-5-13-6-9-21(10-7-13)16(22)12-20-17(23)14-3-2-4-15(18)11-14/h2-4,11,13,19H,5-10,12H2,1H3,(H,20,23). The smallest absolute Gasteiger partial charge is 0.251 e. The fourth-order valence-corrected chi connectivity index (χ4v) is 3.22. The van der Waals surface area contributed by atoms with Gasteiger partial charge in [-0.2, -0.15) is 0 Å². The first-order valence-corrected chi connectivity index (χ1v) is 8.85. The number of rotatable bonds is 6. The van der Waals surface area contributed by atoms with Gasteiger partial charge in [0.2, 0.25) is 5.91 Å². The second-order valence-corrected chi connectivity index (χ2v) is 6.83. The molecule has 0 spiro atoms. The quantitative estimate of drug-likeness (QED) is 0.792. The van der Waals surface area contributed by atoms with Crippen molar-refractivity contribution in [3.05, 3.63) is 34.3 Å². The molecule has 0 aliphatic carbocycles. The van der Waals surface area contributed by atoms with Crippen molar-refractivity contribution in [2.24, 2.45) is 5.92 Å². The van der Waals surface area contributed by atoms with E-state index in [4.69, 9.17) is 0 Å². The molecule has 1 aliphatic heterocycles. The lowest BCUT2D eigenvalue weighted by atomic mass is 9.93. The van der Waals surface area contributed by atoms with Gasteiger partial charge in [0.1, 0.15) is 0 Å². The number of hydrogen-bond donors (Lipinski definition) is 2. The van der Waals surface area contributed by atoms with Gasteiger partial charge in [-0.15, -0.1) is 0 Å². The molecule has 0 saturated carbocycles. The number of amides is 2. The first-order chi connectivity index (χ1) is 11.1. The van der Waals surface area contributed by atoms with E-state index < -0.39 is 0 Å². The maximum Gasteiger partial charge on any atom is 0.251 e. The van der Waals surface area contributed by atoms with Gasteiger partial charge in [-0.05, 0) is 57.0 Å². The highest BCUT2D eigenvalue weighted by molar-refractivity contribution is 9.10. The molecule has 23 heavy (non-hydrogen) atoms. The summed E-state index contributed by atoms with van der Waals surface area (Å²) in [5, 5.41) is 5.88. The van der Waals surface area contributed by atoms with Gasteiger partial charge in [0, 0.05) is 23.1 Å². The summed E-state index contributed by atoms with van der Waals surface area (Å²) in [5.74, 6) is 0.478. The summed E-state index contributed by atoms with van der Waals surface area (Å²) < 4.78 is 0.847. The van der Waals surface area contributed by atoms with E-state index in [1.165, 1.54) is 0 Å². The first-order valence-electron chi connectivity index (χ1n) is 8.06. The maximum absolute atomic E-state index is 12.2. The Labute approximate surface area is 145 Å². The number of carbonyl (C=O) groups excluding carboxylic acids is 2. The number of likely N-dealkylation sites (tertiary alicyclic amines) is 1. The molecular formula is C17H24BrN3O2. The molecule has 0 atom stereocenters. The highest BCUT2D eigenvalue weighted by Crippen LogP contribution is 2.19. The zero-order valence-corrected chi connectivity index (χ0v) is 15.1. The maximum atomic E-state index is 12.2. The van der Waals surface area contributed by atoms with Gasteiger partial charge in [-0.25, -0.2) is 0 Å². The van der Waals surface area contributed by atoms with Crippen LogP contribution in [0.3, 0.4) is 0 Å². The van der Waals surface area contributed by atoms with Crippen molar-refractivity contribution in [3.63, 3.8) is 0 Å². The van der Waals surface area contributed by atoms with Gasteiger partial charge >= 0.3 is 0 Å². The van der Waals surface area contributed by atoms with E-state index >= 15 is 0 Å². The summed E-state index contributed by atoms with van der Waals surface area (Å²) in [5.41, 5.74) is 0.554. The number of carbonyl (C=O) groups is 2. The molecular weight excluding hydrogens is 358 g/mol. The Morgan fingerprint density at radius 2 is 2.04 bits per heavy atom. The van der Waals surface area contributed by atoms with Crippen LogP contribution in [-0.2, 0) is 4.79 Å². The fraction of sp³-hybridized carbons (Fsp3) is 0.529. The molecule has 1 saturated heterocycles. The van der Waals surface area contributed by atoms with Crippen molar-refractivity contribution >= 4 is 27.7 Å². The van der Waals surface area contributed by atoms with Gasteiger partial charge in [-0.1, -0.05) is 22.0 Å². The summed E-state index contributed by atoms with van der Waals surface area (Å²) in [6.07, 6.45) is 3.26. The monoisotopic (exact) mass is 381 g/mol. The molecule has 2 N–H and O–H groups in total. The van der Waals surface area contributed by atoms with Crippen LogP contribution in [0, 0.1) is 5.92 Å². The average molecular weight is 382 g/mol. The SMILES string of the molecule is CNCCC1CCN(C(=O)CNC(=O)c2cccc(Br)c2)CC1. The van der Waals surface area contributed by atoms with Crippen LogP contribution >= 0.6 is 15.9 Å². The van der Waals surface area contributed by atoms with E-state index in [2.05, 4.69) is 26.6 Å². The minimum Gasteiger partial charge on any atom is -0.343 e. The third kappa shape index (κ3) is 5.62. The van der Waals surface area contributed by atoms with Crippen molar-refractivity contribution in [2.45, 2.75) is 19.3 Å². The molecule has 0 unspecified atom stereocenters. The molecule has 6 heteroatoms. The second-order valence-electron chi connectivity index (χ2n) is 5.91. The third-order valence-electron chi connectivity index (χ3n) is 4.26. The second kappa shape index (κ2) is 9.03. The van der Waals surface area contributed by atoms with Crippen molar-refractivity contribution in [1.82, 2.24) is 15.5 Å². The molecule has 1 aliphatic rings. The van der Waals surface area contributed by atoms with Crippen LogP contribution in [-0.4, -0.2) is 49.9 Å². The minimum atomic E-state index is -0.219. The number of nitrogens with zero attached hydrogens (tertiary/aromatic N) is 1. The predicted molar refractivity (Wildman–Crippen MR) is 94.3 cm³/mol. The average Bonchev–Trinajstić information content (AvgIpc) is 2.58. The Kier molecular flexibility index (Phi) is 7.05. The van der Waals surface area contributed by atoms with E-state index in [1.54, 1.807) is 18.2 Å². The normalized spacial score (nSPS) is 15.5. The van der Waals surface area contributed by atoms with Crippen LogP contribution in [0.15, 0.2) is 28.7 Å². The largest absolute Gasteiger partial charge is 0.343 e. The van der Waals surface area contributed by atoms with Gasteiger partial charge < -0.3 is 15.5 Å². The zero-order chi connectivity index (χ0) is 16.7. The summed E-state index contributed by atoms with van der Waals surface area (Å²) in [6, 6.07) is 7.14. The van der Waals surface area contributed by atoms with Crippen LogP contribution in [0.1, 0.15) is 29.6 Å².